The van der Waals surface area contributed by atoms with E-state index in [2.05, 4.69) is 22.4 Å². The predicted octanol–water partition coefficient (Wildman–Crippen LogP) is 1.82. The average molecular weight is 292 g/mol. The Hall–Kier alpha value is -1.36. The highest BCUT2D eigenvalue weighted by Gasteiger charge is 2.17. The van der Waals surface area contributed by atoms with E-state index in [1.165, 1.54) is 24.9 Å². The van der Waals surface area contributed by atoms with Gasteiger partial charge >= 0.3 is 0 Å². The van der Waals surface area contributed by atoms with Gasteiger partial charge in [0.1, 0.15) is 0 Å². The van der Waals surface area contributed by atoms with Crippen molar-refractivity contribution in [2.45, 2.75) is 45.6 Å². The summed E-state index contributed by atoms with van der Waals surface area (Å²) in [6.07, 6.45) is 9.05. The van der Waals surface area contributed by atoms with Crippen molar-refractivity contribution in [3.8, 4) is 0 Å². The summed E-state index contributed by atoms with van der Waals surface area (Å²) in [6, 6.07) is 0. The van der Waals surface area contributed by atoms with Crippen LogP contribution in [0, 0.1) is 12.8 Å². The van der Waals surface area contributed by atoms with Crippen LogP contribution in [-0.4, -0.2) is 47.3 Å². The summed E-state index contributed by atoms with van der Waals surface area (Å²) >= 11 is 0. The van der Waals surface area contributed by atoms with E-state index in [1.807, 2.05) is 24.0 Å². The van der Waals surface area contributed by atoms with Gasteiger partial charge < -0.3 is 10.2 Å². The molecule has 0 aromatic carbocycles. The number of hydrogen-bond acceptors (Lipinski definition) is 3. The van der Waals surface area contributed by atoms with Crippen LogP contribution in [0.4, 0.5) is 0 Å². The Kier molecular flexibility index (Phi) is 6.23. The Morgan fingerprint density at radius 3 is 3.10 bits per heavy atom. The molecule has 1 fully saturated rings. The molecule has 1 aromatic heterocycles. The van der Waals surface area contributed by atoms with Gasteiger partial charge in [0.15, 0.2) is 0 Å². The van der Waals surface area contributed by atoms with Gasteiger partial charge in [-0.3, -0.25) is 9.48 Å². The molecule has 1 aliphatic rings. The van der Waals surface area contributed by atoms with Crippen molar-refractivity contribution in [1.29, 1.82) is 0 Å². The first kappa shape index (κ1) is 16.0. The molecule has 0 radical (unpaired) electrons. The molecule has 1 amide bonds. The van der Waals surface area contributed by atoms with Crippen molar-refractivity contribution in [2.75, 3.05) is 26.7 Å². The zero-order valence-corrected chi connectivity index (χ0v) is 13.3. The molecule has 0 saturated carbocycles. The molecule has 2 rings (SSSR count). The smallest absolute Gasteiger partial charge is 0.220 e. The highest BCUT2D eigenvalue weighted by molar-refractivity contribution is 5.75. The summed E-state index contributed by atoms with van der Waals surface area (Å²) in [4.78, 5) is 14.2. The highest BCUT2D eigenvalue weighted by atomic mass is 16.1. The Bertz CT molecular complexity index is 443. The van der Waals surface area contributed by atoms with Crippen molar-refractivity contribution < 1.29 is 4.79 Å². The fraction of sp³-hybridized carbons (Fsp3) is 0.750. The van der Waals surface area contributed by atoms with Crippen LogP contribution >= 0.6 is 0 Å². The summed E-state index contributed by atoms with van der Waals surface area (Å²) in [5.41, 5.74) is 1.18. The zero-order chi connectivity index (χ0) is 15.1. The number of nitrogens with zero attached hydrogens (tertiary/aromatic N) is 3. The largest absolute Gasteiger partial charge is 0.356 e. The number of aryl methyl sites for hydroxylation is 2. The van der Waals surface area contributed by atoms with Gasteiger partial charge in [0.05, 0.1) is 6.20 Å². The molecule has 0 spiro atoms. The topological polar surface area (TPSA) is 50.2 Å². The van der Waals surface area contributed by atoms with Crippen molar-refractivity contribution in [1.82, 2.24) is 20.0 Å². The number of carbonyl (C=O) groups excluding carboxylic acids is 1. The fourth-order valence-electron chi connectivity index (χ4n) is 2.99. The number of nitrogens with one attached hydrogen (secondary N) is 1. The average Bonchev–Trinajstić information content (AvgIpc) is 2.87. The third-order valence-corrected chi connectivity index (χ3v) is 4.15. The van der Waals surface area contributed by atoms with E-state index in [9.17, 15) is 4.79 Å². The third kappa shape index (κ3) is 5.87. The molecule has 0 aliphatic carbocycles. The molecule has 21 heavy (non-hydrogen) atoms. The molecule has 5 nitrogen and oxygen atoms in total. The van der Waals surface area contributed by atoms with E-state index in [-0.39, 0.29) is 5.91 Å². The first-order valence-electron chi connectivity index (χ1n) is 8.08. The van der Waals surface area contributed by atoms with Crippen molar-refractivity contribution >= 4 is 5.91 Å². The Labute approximate surface area is 127 Å². The SMILES string of the molecule is Cc1cnn(CCCNC(=O)CC[C@@H]2CCCN(C)C2)c1. The Morgan fingerprint density at radius 1 is 1.52 bits per heavy atom. The van der Waals surface area contributed by atoms with Gasteiger partial charge in [-0.2, -0.15) is 5.10 Å². The van der Waals surface area contributed by atoms with Crippen LogP contribution in [0.2, 0.25) is 0 Å². The minimum absolute atomic E-state index is 0.194. The van der Waals surface area contributed by atoms with Crippen LogP contribution in [0.25, 0.3) is 0 Å². The maximum atomic E-state index is 11.8. The van der Waals surface area contributed by atoms with Gasteiger partial charge in [-0.1, -0.05) is 0 Å². The number of carbonyl (C=O) groups is 1. The molecule has 1 aliphatic heterocycles. The summed E-state index contributed by atoms with van der Waals surface area (Å²) in [7, 11) is 2.17. The summed E-state index contributed by atoms with van der Waals surface area (Å²) in [5.74, 6) is 0.890. The van der Waals surface area contributed by atoms with Gasteiger partial charge in [0.2, 0.25) is 5.91 Å². The maximum absolute atomic E-state index is 11.8. The molecule has 1 N–H and O–H groups in total. The lowest BCUT2D eigenvalue weighted by molar-refractivity contribution is -0.121. The van der Waals surface area contributed by atoms with E-state index < -0.39 is 0 Å². The van der Waals surface area contributed by atoms with Crippen molar-refractivity contribution in [3.05, 3.63) is 18.0 Å². The van der Waals surface area contributed by atoms with Gasteiger partial charge in [-0.05, 0) is 57.7 Å². The molecule has 0 unspecified atom stereocenters. The predicted molar refractivity (Wildman–Crippen MR) is 84.0 cm³/mol. The summed E-state index contributed by atoms with van der Waals surface area (Å²) in [5, 5.41) is 7.25. The number of piperidine rings is 1. The zero-order valence-electron chi connectivity index (χ0n) is 13.3. The lowest BCUT2D eigenvalue weighted by atomic mass is 9.93. The molecule has 118 valence electrons. The number of aromatic nitrogens is 2. The molecule has 1 aromatic rings. The molecular formula is C16H28N4O. The molecule has 1 atom stereocenters. The van der Waals surface area contributed by atoms with E-state index in [0.717, 1.165) is 32.5 Å². The van der Waals surface area contributed by atoms with E-state index in [1.54, 1.807) is 0 Å². The van der Waals surface area contributed by atoms with Crippen molar-refractivity contribution in [3.63, 3.8) is 0 Å². The molecular weight excluding hydrogens is 264 g/mol. The van der Waals surface area contributed by atoms with Crippen LogP contribution in [0.15, 0.2) is 12.4 Å². The first-order chi connectivity index (χ1) is 10.1. The van der Waals surface area contributed by atoms with Crippen LogP contribution in [-0.2, 0) is 11.3 Å². The lowest BCUT2D eigenvalue weighted by Gasteiger charge is -2.29. The molecule has 2 heterocycles. The summed E-state index contributed by atoms with van der Waals surface area (Å²) in [6.45, 7) is 5.99. The monoisotopic (exact) mass is 292 g/mol. The quantitative estimate of drug-likeness (QED) is 0.780. The first-order valence-corrected chi connectivity index (χ1v) is 8.08. The second-order valence-corrected chi connectivity index (χ2v) is 6.29. The normalized spacial score (nSPS) is 19.6. The third-order valence-electron chi connectivity index (χ3n) is 4.15. The molecule has 5 heteroatoms. The minimum Gasteiger partial charge on any atom is -0.356 e. The fourth-order valence-corrected chi connectivity index (χ4v) is 2.99. The van der Waals surface area contributed by atoms with Crippen LogP contribution in [0.3, 0.4) is 0 Å². The van der Waals surface area contributed by atoms with Gasteiger partial charge in [0, 0.05) is 32.3 Å². The molecule has 0 bridgehead atoms. The maximum Gasteiger partial charge on any atom is 0.220 e. The number of rotatable bonds is 7. The number of likely N-dealkylation sites (tertiary alicyclic amines) is 1. The standard InChI is InChI=1S/C16H28N4O/c1-14-11-18-20(12-14)10-4-8-17-16(21)7-6-15-5-3-9-19(2)13-15/h11-12,15H,3-10,13H2,1-2H3,(H,17,21)/t15-/m0/s1. The number of amides is 1. The van der Waals surface area contributed by atoms with Crippen molar-refractivity contribution in [2.24, 2.45) is 5.92 Å². The van der Waals surface area contributed by atoms with Gasteiger partial charge in [-0.25, -0.2) is 0 Å². The van der Waals surface area contributed by atoms with Gasteiger partial charge in [0.25, 0.3) is 0 Å². The highest BCUT2D eigenvalue weighted by Crippen LogP contribution is 2.19. The van der Waals surface area contributed by atoms with E-state index in [0.29, 0.717) is 12.3 Å². The van der Waals surface area contributed by atoms with Crippen LogP contribution in [0.5, 0.6) is 0 Å². The molecule has 1 saturated heterocycles. The Balaban J connectivity index is 1.53. The van der Waals surface area contributed by atoms with Crippen LogP contribution in [0.1, 0.15) is 37.7 Å². The van der Waals surface area contributed by atoms with Gasteiger partial charge in [-0.15, -0.1) is 0 Å². The van der Waals surface area contributed by atoms with E-state index >= 15 is 0 Å². The second-order valence-electron chi connectivity index (χ2n) is 6.29. The van der Waals surface area contributed by atoms with Crippen LogP contribution < -0.4 is 5.32 Å². The number of hydrogen-bond donors (Lipinski definition) is 1. The minimum atomic E-state index is 0.194. The lowest BCUT2D eigenvalue weighted by Crippen LogP contribution is -2.33. The van der Waals surface area contributed by atoms with E-state index in [4.69, 9.17) is 0 Å². The Morgan fingerprint density at radius 2 is 2.38 bits per heavy atom. The summed E-state index contributed by atoms with van der Waals surface area (Å²) < 4.78 is 1.93. The second kappa shape index (κ2) is 8.17.